The van der Waals surface area contributed by atoms with E-state index in [2.05, 4.69) is 12.2 Å². The molecule has 0 radical (unpaired) electrons. The summed E-state index contributed by atoms with van der Waals surface area (Å²) in [6, 6.07) is 0.343. The van der Waals surface area contributed by atoms with Crippen molar-refractivity contribution < 1.29 is 8.42 Å². The molecule has 0 saturated carbocycles. The Morgan fingerprint density at radius 1 is 1.40 bits per heavy atom. The molecule has 1 N–H and O–H groups in total. The summed E-state index contributed by atoms with van der Waals surface area (Å²) in [7, 11) is -2.99. The van der Waals surface area contributed by atoms with Gasteiger partial charge in [-0.25, -0.2) is 12.7 Å². The van der Waals surface area contributed by atoms with E-state index in [1.165, 1.54) is 0 Å². The molecule has 0 amide bonds. The second-order valence-electron chi connectivity index (χ2n) is 4.07. The molecular formula is C10H22N2O2S. The van der Waals surface area contributed by atoms with Gasteiger partial charge in [-0.15, -0.1) is 0 Å². The Labute approximate surface area is 93.1 Å². The second kappa shape index (κ2) is 5.82. The zero-order chi connectivity index (χ0) is 11.3. The molecule has 1 saturated heterocycles. The van der Waals surface area contributed by atoms with Crippen molar-refractivity contribution >= 4 is 10.0 Å². The van der Waals surface area contributed by atoms with Crippen LogP contribution in [0.4, 0.5) is 0 Å². The maximum atomic E-state index is 11.8. The van der Waals surface area contributed by atoms with Crippen LogP contribution in [0.5, 0.6) is 0 Å². The predicted octanol–water partition coefficient (Wildman–Crippen LogP) is 0.800. The molecule has 5 heteroatoms. The van der Waals surface area contributed by atoms with Gasteiger partial charge in [-0.05, 0) is 25.8 Å². The molecule has 1 aliphatic heterocycles. The first-order valence-electron chi connectivity index (χ1n) is 5.81. The first kappa shape index (κ1) is 12.9. The van der Waals surface area contributed by atoms with Crippen LogP contribution in [0, 0.1) is 0 Å². The largest absolute Gasteiger partial charge is 0.313 e. The molecule has 0 aromatic heterocycles. The topological polar surface area (TPSA) is 49.4 Å². The van der Waals surface area contributed by atoms with Crippen LogP contribution in [0.1, 0.15) is 33.1 Å². The first-order chi connectivity index (χ1) is 7.10. The van der Waals surface area contributed by atoms with Gasteiger partial charge in [0, 0.05) is 19.1 Å². The number of hydrogen-bond donors (Lipinski definition) is 1. The fraction of sp³-hybridized carbons (Fsp3) is 1.00. The van der Waals surface area contributed by atoms with Crippen LogP contribution in [0.15, 0.2) is 0 Å². The lowest BCUT2D eigenvalue weighted by Crippen LogP contribution is -2.48. The zero-order valence-electron chi connectivity index (χ0n) is 9.70. The van der Waals surface area contributed by atoms with Crippen molar-refractivity contribution in [2.75, 3.05) is 25.4 Å². The van der Waals surface area contributed by atoms with Gasteiger partial charge < -0.3 is 5.32 Å². The van der Waals surface area contributed by atoms with E-state index in [9.17, 15) is 8.42 Å². The van der Waals surface area contributed by atoms with Crippen LogP contribution in [-0.4, -0.2) is 44.2 Å². The van der Waals surface area contributed by atoms with E-state index in [0.717, 1.165) is 19.4 Å². The monoisotopic (exact) mass is 234 g/mol. The normalized spacial score (nSPS) is 24.3. The van der Waals surface area contributed by atoms with Crippen molar-refractivity contribution in [3.05, 3.63) is 0 Å². The molecular weight excluding hydrogens is 212 g/mol. The Kier molecular flexibility index (Phi) is 5.02. The maximum absolute atomic E-state index is 11.8. The number of hydrogen-bond acceptors (Lipinski definition) is 3. The van der Waals surface area contributed by atoms with Crippen molar-refractivity contribution in [2.45, 2.75) is 39.2 Å². The van der Waals surface area contributed by atoms with Crippen molar-refractivity contribution in [2.24, 2.45) is 0 Å². The summed E-state index contributed by atoms with van der Waals surface area (Å²) in [5, 5.41) is 3.32. The van der Waals surface area contributed by atoms with Gasteiger partial charge in [0.15, 0.2) is 0 Å². The molecule has 0 aromatic rings. The summed E-state index contributed by atoms with van der Waals surface area (Å²) < 4.78 is 25.3. The molecule has 4 nitrogen and oxygen atoms in total. The lowest BCUT2D eigenvalue weighted by Gasteiger charge is -2.32. The minimum absolute atomic E-state index is 0.284. The van der Waals surface area contributed by atoms with Crippen molar-refractivity contribution in [3.8, 4) is 0 Å². The molecule has 1 heterocycles. The van der Waals surface area contributed by atoms with Crippen LogP contribution in [0.2, 0.25) is 0 Å². The van der Waals surface area contributed by atoms with Crippen LogP contribution in [0.3, 0.4) is 0 Å². The Morgan fingerprint density at radius 2 is 2.13 bits per heavy atom. The van der Waals surface area contributed by atoms with Crippen molar-refractivity contribution in [3.63, 3.8) is 0 Å². The SMILES string of the molecule is CCCS(=O)(=O)N1CCCC(NCC)C1. The summed E-state index contributed by atoms with van der Waals surface area (Å²) in [6.07, 6.45) is 2.76. The van der Waals surface area contributed by atoms with E-state index >= 15 is 0 Å². The van der Waals surface area contributed by atoms with Gasteiger partial charge in [0.1, 0.15) is 0 Å². The van der Waals surface area contributed by atoms with Crippen LogP contribution in [0.25, 0.3) is 0 Å². The molecule has 1 rings (SSSR count). The fourth-order valence-corrected chi connectivity index (χ4v) is 3.63. The van der Waals surface area contributed by atoms with Gasteiger partial charge >= 0.3 is 0 Å². The van der Waals surface area contributed by atoms with E-state index in [1.807, 2.05) is 6.92 Å². The number of nitrogens with one attached hydrogen (secondary N) is 1. The smallest absolute Gasteiger partial charge is 0.214 e. The van der Waals surface area contributed by atoms with Gasteiger partial charge in [-0.2, -0.15) is 0 Å². The van der Waals surface area contributed by atoms with Gasteiger partial charge in [0.25, 0.3) is 0 Å². The number of sulfonamides is 1. The van der Waals surface area contributed by atoms with Crippen LogP contribution >= 0.6 is 0 Å². The highest BCUT2D eigenvalue weighted by atomic mass is 32.2. The highest BCUT2D eigenvalue weighted by molar-refractivity contribution is 7.89. The lowest BCUT2D eigenvalue weighted by atomic mass is 10.1. The maximum Gasteiger partial charge on any atom is 0.214 e. The van der Waals surface area contributed by atoms with Crippen LogP contribution < -0.4 is 5.32 Å². The molecule has 0 bridgehead atoms. The Morgan fingerprint density at radius 3 is 2.73 bits per heavy atom. The lowest BCUT2D eigenvalue weighted by molar-refractivity contribution is 0.286. The molecule has 0 aromatic carbocycles. The Bertz CT molecular complexity index is 275. The van der Waals surface area contributed by atoms with Gasteiger partial charge in [-0.1, -0.05) is 13.8 Å². The van der Waals surface area contributed by atoms with Gasteiger partial charge in [-0.3, -0.25) is 0 Å². The molecule has 90 valence electrons. The molecule has 1 fully saturated rings. The van der Waals surface area contributed by atoms with Gasteiger partial charge in [0.2, 0.25) is 10.0 Å². The summed E-state index contributed by atoms with van der Waals surface area (Å²) in [6.45, 7) is 6.22. The third kappa shape index (κ3) is 3.74. The van der Waals surface area contributed by atoms with Gasteiger partial charge in [0.05, 0.1) is 5.75 Å². The van der Waals surface area contributed by atoms with Crippen molar-refractivity contribution in [1.29, 1.82) is 0 Å². The van der Waals surface area contributed by atoms with Crippen molar-refractivity contribution in [1.82, 2.24) is 9.62 Å². The third-order valence-electron chi connectivity index (χ3n) is 2.73. The summed E-state index contributed by atoms with van der Waals surface area (Å²) in [5.74, 6) is 0.284. The highest BCUT2D eigenvalue weighted by Gasteiger charge is 2.27. The molecule has 1 aliphatic rings. The Balaban J connectivity index is 2.55. The average molecular weight is 234 g/mol. The fourth-order valence-electron chi connectivity index (χ4n) is 2.04. The molecule has 1 unspecified atom stereocenters. The average Bonchev–Trinajstić information content (AvgIpc) is 2.19. The van der Waals surface area contributed by atoms with E-state index in [4.69, 9.17) is 0 Å². The van der Waals surface area contributed by atoms with Crippen LogP contribution in [-0.2, 0) is 10.0 Å². The number of likely N-dealkylation sites (N-methyl/N-ethyl adjacent to an activating group) is 1. The minimum atomic E-state index is -2.99. The third-order valence-corrected chi connectivity index (χ3v) is 4.77. The quantitative estimate of drug-likeness (QED) is 0.765. The minimum Gasteiger partial charge on any atom is -0.313 e. The van der Waals surface area contributed by atoms with E-state index in [-0.39, 0.29) is 5.75 Å². The summed E-state index contributed by atoms with van der Waals surface area (Å²) >= 11 is 0. The number of rotatable bonds is 5. The first-order valence-corrected chi connectivity index (χ1v) is 7.42. The Hall–Kier alpha value is -0.130. The molecule has 0 spiro atoms. The zero-order valence-corrected chi connectivity index (χ0v) is 10.5. The van der Waals surface area contributed by atoms with E-state index in [1.54, 1.807) is 4.31 Å². The molecule has 1 atom stereocenters. The second-order valence-corrected chi connectivity index (χ2v) is 6.16. The predicted molar refractivity (Wildman–Crippen MR) is 62.3 cm³/mol. The van der Waals surface area contributed by atoms with E-state index in [0.29, 0.717) is 25.6 Å². The summed E-state index contributed by atoms with van der Waals surface area (Å²) in [5.41, 5.74) is 0. The number of piperidine rings is 1. The molecule has 0 aliphatic carbocycles. The van der Waals surface area contributed by atoms with E-state index < -0.39 is 10.0 Å². The highest BCUT2D eigenvalue weighted by Crippen LogP contribution is 2.14. The number of nitrogens with zero attached hydrogens (tertiary/aromatic N) is 1. The molecule has 15 heavy (non-hydrogen) atoms. The summed E-state index contributed by atoms with van der Waals surface area (Å²) in [4.78, 5) is 0. The standard InChI is InChI=1S/C10H22N2O2S/c1-3-8-15(13,14)12-7-5-6-10(9-12)11-4-2/h10-11H,3-9H2,1-2H3.